The predicted octanol–water partition coefficient (Wildman–Crippen LogP) is 3.68. The van der Waals surface area contributed by atoms with Gasteiger partial charge in [-0.25, -0.2) is 0 Å². The quantitative estimate of drug-likeness (QED) is 0.827. The van der Waals surface area contributed by atoms with Crippen LogP contribution in [-0.2, 0) is 6.18 Å². The summed E-state index contributed by atoms with van der Waals surface area (Å²) in [5.74, 6) is 1.40. The molecule has 0 aromatic heterocycles. The van der Waals surface area contributed by atoms with Crippen LogP contribution in [0, 0.1) is 5.92 Å². The first-order chi connectivity index (χ1) is 7.98. The van der Waals surface area contributed by atoms with Crippen molar-refractivity contribution in [1.82, 2.24) is 5.32 Å². The molecule has 1 nitrogen and oxygen atoms in total. The summed E-state index contributed by atoms with van der Waals surface area (Å²) in [5.41, 5.74) is -0.184. The van der Waals surface area contributed by atoms with Crippen molar-refractivity contribution < 1.29 is 13.2 Å². The third-order valence-electron chi connectivity index (χ3n) is 2.75. The zero-order valence-corrected chi connectivity index (χ0v) is 10.2. The van der Waals surface area contributed by atoms with Crippen LogP contribution in [0.15, 0.2) is 24.3 Å². The van der Waals surface area contributed by atoms with Crippen LogP contribution in [0.3, 0.4) is 0 Å². The van der Waals surface area contributed by atoms with E-state index in [9.17, 15) is 13.2 Å². The smallest absolute Gasteiger partial charge is 0.301 e. The molecule has 1 aromatic carbocycles. The number of thioether (sulfide) groups is 1. The van der Waals surface area contributed by atoms with E-state index in [1.165, 1.54) is 6.07 Å². The zero-order valence-electron chi connectivity index (χ0n) is 9.42. The molecule has 2 unspecified atom stereocenters. The van der Waals surface area contributed by atoms with Crippen LogP contribution in [0.25, 0.3) is 0 Å². The highest BCUT2D eigenvalue weighted by Crippen LogP contribution is 2.39. The summed E-state index contributed by atoms with van der Waals surface area (Å²) in [6.45, 7) is 2.86. The maximum Gasteiger partial charge on any atom is 0.416 e. The first-order valence-corrected chi connectivity index (χ1v) is 6.54. The fourth-order valence-electron chi connectivity index (χ4n) is 1.87. The van der Waals surface area contributed by atoms with E-state index in [-0.39, 0.29) is 5.37 Å². The third kappa shape index (κ3) is 2.96. The van der Waals surface area contributed by atoms with E-state index in [2.05, 4.69) is 12.2 Å². The highest BCUT2D eigenvalue weighted by molar-refractivity contribution is 7.99. The lowest BCUT2D eigenvalue weighted by Gasteiger charge is -2.29. The minimum absolute atomic E-state index is 0.246. The molecule has 2 rings (SSSR count). The van der Waals surface area contributed by atoms with Gasteiger partial charge in [-0.3, -0.25) is 0 Å². The van der Waals surface area contributed by atoms with Crippen molar-refractivity contribution in [2.24, 2.45) is 5.92 Å². The van der Waals surface area contributed by atoms with Crippen molar-refractivity contribution in [3.05, 3.63) is 35.4 Å². The molecule has 94 valence electrons. The lowest BCUT2D eigenvalue weighted by atomic mass is 10.1. The molecule has 2 atom stereocenters. The Kier molecular flexibility index (Phi) is 3.68. The lowest BCUT2D eigenvalue weighted by molar-refractivity contribution is -0.138. The Balaban J connectivity index is 2.26. The molecule has 0 bridgehead atoms. The normalized spacial score (nSPS) is 25.9. The molecule has 1 aliphatic heterocycles. The molecular weight excluding hydrogens is 247 g/mol. The molecule has 0 spiro atoms. The van der Waals surface area contributed by atoms with Crippen LogP contribution in [0.1, 0.15) is 23.4 Å². The molecule has 1 N–H and O–H groups in total. The van der Waals surface area contributed by atoms with Crippen LogP contribution in [0.2, 0.25) is 0 Å². The van der Waals surface area contributed by atoms with Gasteiger partial charge in [0.15, 0.2) is 0 Å². The van der Waals surface area contributed by atoms with Crippen molar-refractivity contribution in [1.29, 1.82) is 0 Å². The van der Waals surface area contributed by atoms with Gasteiger partial charge in [-0.2, -0.15) is 13.2 Å². The topological polar surface area (TPSA) is 12.0 Å². The van der Waals surface area contributed by atoms with E-state index >= 15 is 0 Å². The summed E-state index contributed by atoms with van der Waals surface area (Å²) < 4.78 is 38.5. The molecule has 5 heteroatoms. The second kappa shape index (κ2) is 4.90. The number of halogens is 3. The molecule has 0 saturated carbocycles. The van der Waals surface area contributed by atoms with Crippen molar-refractivity contribution in [3.63, 3.8) is 0 Å². The Morgan fingerprint density at radius 1 is 1.29 bits per heavy atom. The van der Waals surface area contributed by atoms with E-state index in [4.69, 9.17) is 0 Å². The molecule has 1 fully saturated rings. The average molecular weight is 261 g/mol. The van der Waals surface area contributed by atoms with Gasteiger partial charge < -0.3 is 5.32 Å². The monoisotopic (exact) mass is 261 g/mol. The van der Waals surface area contributed by atoms with Gasteiger partial charge in [0.05, 0.1) is 10.9 Å². The SMILES string of the molecule is CC1CNC(c2ccccc2C(F)(F)F)SC1. The van der Waals surface area contributed by atoms with E-state index in [0.717, 1.165) is 18.4 Å². The Morgan fingerprint density at radius 3 is 2.59 bits per heavy atom. The molecule has 17 heavy (non-hydrogen) atoms. The van der Waals surface area contributed by atoms with Crippen molar-refractivity contribution in [2.75, 3.05) is 12.3 Å². The third-order valence-corrected chi connectivity index (χ3v) is 4.26. The van der Waals surface area contributed by atoms with Crippen LogP contribution in [0.4, 0.5) is 13.2 Å². The number of hydrogen-bond acceptors (Lipinski definition) is 2. The standard InChI is InChI=1S/C12H14F3NS/c1-8-6-16-11(17-7-8)9-4-2-3-5-10(9)12(13,14)15/h2-5,8,11,16H,6-7H2,1H3. The van der Waals surface area contributed by atoms with Crippen LogP contribution >= 0.6 is 11.8 Å². The minimum atomic E-state index is -4.28. The van der Waals surface area contributed by atoms with E-state index in [0.29, 0.717) is 11.5 Å². The van der Waals surface area contributed by atoms with Gasteiger partial charge in [-0.15, -0.1) is 11.8 Å². The van der Waals surface area contributed by atoms with Crippen molar-refractivity contribution in [3.8, 4) is 0 Å². The Morgan fingerprint density at radius 2 is 2.00 bits per heavy atom. The Hall–Kier alpha value is -0.680. The van der Waals surface area contributed by atoms with Crippen molar-refractivity contribution in [2.45, 2.75) is 18.5 Å². The van der Waals surface area contributed by atoms with Gasteiger partial charge in [0.1, 0.15) is 0 Å². The largest absolute Gasteiger partial charge is 0.416 e. The fraction of sp³-hybridized carbons (Fsp3) is 0.500. The van der Waals surface area contributed by atoms with Gasteiger partial charge in [0, 0.05) is 0 Å². The molecule has 0 amide bonds. The highest BCUT2D eigenvalue weighted by atomic mass is 32.2. The summed E-state index contributed by atoms with van der Waals surface area (Å²) in [4.78, 5) is 0. The maximum absolute atomic E-state index is 12.8. The number of benzene rings is 1. The number of alkyl halides is 3. The molecule has 1 heterocycles. The molecule has 1 aromatic rings. The number of nitrogens with one attached hydrogen (secondary N) is 1. The summed E-state index contributed by atoms with van der Waals surface area (Å²) in [6.07, 6.45) is -4.28. The Bertz CT molecular complexity index is 384. The average Bonchev–Trinajstić information content (AvgIpc) is 2.29. The van der Waals surface area contributed by atoms with Gasteiger partial charge in [-0.1, -0.05) is 25.1 Å². The number of rotatable bonds is 1. The summed E-state index contributed by atoms with van der Waals surface area (Å²) in [5, 5.41) is 2.91. The van der Waals surface area contributed by atoms with Gasteiger partial charge in [0.2, 0.25) is 0 Å². The minimum Gasteiger partial charge on any atom is -0.301 e. The lowest BCUT2D eigenvalue weighted by Crippen LogP contribution is -2.32. The zero-order chi connectivity index (χ0) is 12.5. The maximum atomic E-state index is 12.8. The van der Waals surface area contributed by atoms with Crippen LogP contribution in [-0.4, -0.2) is 12.3 Å². The van der Waals surface area contributed by atoms with Crippen molar-refractivity contribution >= 4 is 11.8 Å². The predicted molar refractivity (Wildman–Crippen MR) is 63.8 cm³/mol. The highest BCUT2D eigenvalue weighted by Gasteiger charge is 2.35. The van der Waals surface area contributed by atoms with E-state index < -0.39 is 11.7 Å². The van der Waals surface area contributed by atoms with E-state index in [1.807, 2.05) is 0 Å². The molecular formula is C12H14F3NS. The van der Waals surface area contributed by atoms with Gasteiger partial charge in [0.25, 0.3) is 0 Å². The second-order valence-electron chi connectivity index (χ2n) is 4.31. The summed E-state index contributed by atoms with van der Waals surface area (Å²) in [6, 6.07) is 5.80. The fourth-order valence-corrected chi connectivity index (χ4v) is 3.11. The summed E-state index contributed by atoms with van der Waals surface area (Å²) >= 11 is 1.54. The molecule has 1 saturated heterocycles. The Labute approximate surface area is 103 Å². The van der Waals surface area contributed by atoms with Crippen LogP contribution in [0.5, 0.6) is 0 Å². The first kappa shape index (κ1) is 12.8. The summed E-state index contributed by atoms with van der Waals surface area (Å²) in [7, 11) is 0. The second-order valence-corrected chi connectivity index (χ2v) is 5.45. The molecule has 0 radical (unpaired) electrons. The van der Waals surface area contributed by atoms with Gasteiger partial charge in [-0.05, 0) is 29.8 Å². The molecule has 0 aliphatic carbocycles. The molecule has 1 aliphatic rings. The van der Waals surface area contributed by atoms with Crippen LogP contribution < -0.4 is 5.32 Å². The van der Waals surface area contributed by atoms with Gasteiger partial charge >= 0.3 is 6.18 Å². The van der Waals surface area contributed by atoms with E-state index in [1.54, 1.807) is 23.9 Å². The number of hydrogen-bond donors (Lipinski definition) is 1. The first-order valence-electron chi connectivity index (χ1n) is 5.49.